The van der Waals surface area contributed by atoms with E-state index in [2.05, 4.69) is 31.3 Å². The maximum absolute atomic E-state index is 12.0. The van der Waals surface area contributed by atoms with E-state index < -0.39 is 0 Å². The third-order valence-electron chi connectivity index (χ3n) is 3.61. The van der Waals surface area contributed by atoms with Crippen molar-refractivity contribution in [3.63, 3.8) is 0 Å². The maximum atomic E-state index is 12.0. The minimum absolute atomic E-state index is 0.100. The zero-order valence-corrected chi connectivity index (χ0v) is 16.8. The molecule has 0 aliphatic carbocycles. The van der Waals surface area contributed by atoms with E-state index in [-0.39, 0.29) is 5.91 Å². The van der Waals surface area contributed by atoms with Crippen molar-refractivity contribution in [3.05, 3.63) is 44.9 Å². The van der Waals surface area contributed by atoms with Crippen LogP contribution in [0, 0.1) is 13.8 Å². The Labute approximate surface area is 163 Å². The molecule has 0 aliphatic rings. The van der Waals surface area contributed by atoms with Crippen molar-refractivity contribution in [1.82, 2.24) is 15.6 Å². The Bertz CT molecular complexity index is 775. The second kappa shape index (κ2) is 10.1. The summed E-state index contributed by atoms with van der Waals surface area (Å²) in [5.41, 5.74) is 2.76. The van der Waals surface area contributed by atoms with Crippen molar-refractivity contribution in [1.29, 1.82) is 0 Å². The lowest BCUT2D eigenvalue weighted by atomic mass is 10.2. The summed E-state index contributed by atoms with van der Waals surface area (Å²) in [6.07, 6.45) is 1.15. The van der Waals surface area contributed by atoms with E-state index >= 15 is 0 Å². The topological polar surface area (TPSA) is 78.4 Å². The molecule has 6 nitrogen and oxygen atoms in total. The number of nitrogens with zero attached hydrogens (tertiary/aromatic N) is 2. The smallest absolute Gasteiger partial charge is 0.226 e. The van der Waals surface area contributed by atoms with Crippen molar-refractivity contribution in [2.24, 2.45) is 4.99 Å². The van der Waals surface area contributed by atoms with Crippen LogP contribution in [0.4, 0.5) is 5.69 Å². The molecular formula is C18H24ClN5OS. The van der Waals surface area contributed by atoms with Gasteiger partial charge >= 0.3 is 0 Å². The molecule has 0 saturated carbocycles. The van der Waals surface area contributed by atoms with Crippen LogP contribution in [0.25, 0.3) is 0 Å². The third-order valence-corrected chi connectivity index (χ3v) is 4.74. The van der Waals surface area contributed by atoms with E-state index in [0.717, 1.165) is 29.2 Å². The predicted molar refractivity (Wildman–Crippen MR) is 109 cm³/mol. The first-order valence-electron chi connectivity index (χ1n) is 8.39. The first-order valence-corrected chi connectivity index (χ1v) is 9.65. The molecule has 2 rings (SSSR count). The molecule has 0 saturated heterocycles. The number of anilines is 1. The summed E-state index contributed by atoms with van der Waals surface area (Å²) in [5.74, 6) is 0.565. The fraction of sp³-hybridized carbons (Fsp3) is 0.389. The highest BCUT2D eigenvalue weighted by atomic mass is 35.5. The van der Waals surface area contributed by atoms with Gasteiger partial charge in [0.25, 0.3) is 0 Å². The number of aromatic nitrogens is 1. The zero-order valence-electron chi connectivity index (χ0n) is 15.2. The van der Waals surface area contributed by atoms with E-state index in [1.807, 2.05) is 32.0 Å². The molecule has 0 atom stereocenters. The van der Waals surface area contributed by atoms with Crippen LogP contribution in [0.15, 0.2) is 28.6 Å². The Hall–Kier alpha value is -2.12. The van der Waals surface area contributed by atoms with Crippen molar-refractivity contribution >= 4 is 40.5 Å². The molecule has 0 aliphatic heterocycles. The first-order chi connectivity index (χ1) is 12.5. The normalized spacial score (nSPS) is 11.3. The summed E-state index contributed by atoms with van der Waals surface area (Å²) in [4.78, 5) is 20.6. The van der Waals surface area contributed by atoms with Crippen molar-refractivity contribution in [3.8, 4) is 0 Å². The van der Waals surface area contributed by atoms with Gasteiger partial charge in [-0.15, -0.1) is 11.3 Å². The standard InChI is InChI=1S/C18H24ClN5OS/c1-12-4-5-16(15(19)10-12)24-17(25)7-9-22-18(20-3)21-8-6-14-11-26-13(2)23-14/h4-5,10-11H,6-9H2,1-3H3,(H,24,25)(H2,20,21,22). The van der Waals surface area contributed by atoms with E-state index in [4.69, 9.17) is 11.6 Å². The molecule has 0 unspecified atom stereocenters. The summed E-state index contributed by atoms with van der Waals surface area (Å²) in [7, 11) is 1.70. The lowest BCUT2D eigenvalue weighted by molar-refractivity contribution is -0.116. The molecule has 1 heterocycles. The second-order valence-electron chi connectivity index (χ2n) is 5.82. The fourth-order valence-corrected chi connectivity index (χ4v) is 3.21. The average molecular weight is 394 g/mol. The molecule has 0 spiro atoms. The van der Waals surface area contributed by atoms with Crippen LogP contribution in [0.1, 0.15) is 22.7 Å². The number of nitrogens with one attached hydrogen (secondary N) is 3. The molecule has 0 fully saturated rings. The molecule has 1 amide bonds. The van der Waals surface area contributed by atoms with Gasteiger partial charge in [0.1, 0.15) is 0 Å². The van der Waals surface area contributed by atoms with Crippen molar-refractivity contribution in [2.75, 3.05) is 25.5 Å². The van der Waals surface area contributed by atoms with Gasteiger partial charge in [-0.05, 0) is 31.5 Å². The molecule has 0 bridgehead atoms. The molecule has 26 heavy (non-hydrogen) atoms. The molecule has 3 N–H and O–H groups in total. The number of aliphatic imine (C=N–C) groups is 1. The number of guanidine groups is 1. The van der Waals surface area contributed by atoms with Crippen LogP contribution < -0.4 is 16.0 Å². The van der Waals surface area contributed by atoms with Gasteiger partial charge in [-0.2, -0.15) is 0 Å². The molecule has 2 aromatic rings. The maximum Gasteiger partial charge on any atom is 0.226 e. The van der Waals surface area contributed by atoms with Crippen LogP contribution in [-0.2, 0) is 11.2 Å². The van der Waals surface area contributed by atoms with Crippen LogP contribution >= 0.6 is 22.9 Å². The lowest BCUT2D eigenvalue weighted by Crippen LogP contribution is -2.39. The molecule has 0 radical (unpaired) electrons. The third kappa shape index (κ3) is 6.65. The highest BCUT2D eigenvalue weighted by Gasteiger charge is 2.07. The van der Waals surface area contributed by atoms with Gasteiger partial charge in [-0.25, -0.2) is 4.98 Å². The Balaban J connectivity index is 1.68. The summed E-state index contributed by atoms with van der Waals surface area (Å²) in [6, 6.07) is 5.55. The molecule has 8 heteroatoms. The average Bonchev–Trinajstić information content (AvgIpc) is 3.01. The molecule has 140 valence electrons. The predicted octanol–water partition coefficient (Wildman–Crippen LogP) is 3.15. The van der Waals surface area contributed by atoms with Crippen LogP contribution in [-0.4, -0.2) is 37.0 Å². The van der Waals surface area contributed by atoms with Gasteiger partial charge in [0.05, 0.1) is 21.4 Å². The molecule has 1 aromatic carbocycles. The van der Waals surface area contributed by atoms with E-state index in [9.17, 15) is 4.79 Å². The monoisotopic (exact) mass is 393 g/mol. The lowest BCUT2D eigenvalue weighted by Gasteiger charge is -2.12. The van der Waals surface area contributed by atoms with Gasteiger partial charge in [-0.1, -0.05) is 17.7 Å². The minimum atomic E-state index is -0.100. The number of carbonyl (C=O) groups excluding carboxylic acids is 1. The molecule has 1 aromatic heterocycles. The molecular weight excluding hydrogens is 370 g/mol. The van der Waals surface area contributed by atoms with Gasteiger partial charge in [0.2, 0.25) is 5.91 Å². The Morgan fingerprint density at radius 3 is 2.69 bits per heavy atom. The van der Waals surface area contributed by atoms with E-state index in [1.165, 1.54) is 0 Å². The summed E-state index contributed by atoms with van der Waals surface area (Å²) < 4.78 is 0. The van der Waals surface area contributed by atoms with Gasteiger partial charge in [-0.3, -0.25) is 9.79 Å². The van der Waals surface area contributed by atoms with Gasteiger partial charge < -0.3 is 16.0 Å². The summed E-state index contributed by atoms with van der Waals surface area (Å²) in [6.45, 7) is 5.16. The number of carbonyl (C=O) groups is 1. The largest absolute Gasteiger partial charge is 0.356 e. The number of halogens is 1. The number of hydrogen-bond donors (Lipinski definition) is 3. The number of amides is 1. The SMILES string of the molecule is CN=C(NCCC(=O)Nc1ccc(C)cc1Cl)NCCc1csc(C)n1. The van der Waals surface area contributed by atoms with Crippen LogP contribution in [0.5, 0.6) is 0 Å². The van der Waals surface area contributed by atoms with E-state index in [1.54, 1.807) is 18.4 Å². The summed E-state index contributed by atoms with van der Waals surface area (Å²) >= 11 is 7.78. The fourth-order valence-electron chi connectivity index (χ4n) is 2.28. The second-order valence-corrected chi connectivity index (χ2v) is 7.28. The highest BCUT2D eigenvalue weighted by Crippen LogP contribution is 2.22. The Kier molecular flexibility index (Phi) is 7.87. The number of thiazole rings is 1. The van der Waals surface area contributed by atoms with Crippen LogP contribution in [0.2, 0.25) is 5.02 Å². The highest BCUT2D eigenvalue weighted by molar-refractivity contribution is 7.09. The van der Waals surface area contributed by atoms with Gasteiger partial charge in [0.15, 0.2) is 5.96 Å². The van der Waals surface area contributed by atoms with Crippen molar-refractivity contribution < 1.29 is 4.79 Å². The Morgan fingerprint density at radius 2 is 2.04 bits per heavy atom. The first kappa shape index (κ1) is 20.2. The van der Waals surface area contributed by atoms with Crippen LogP contribution in [0.3, 0.4) is 0 Å². The quantitative estimate of drug-likeness (QED) is 0.498. The van der Waals surface area contributed by atoms with Gasteiger partial charge in [0, 0.05) is 38.4 Å². The number of rotatable bonds is 7. The number of benzene rings is 1. The minimum Gasteiger partial charge on any atom is -0.356 e. The van der Waals surface area contributed by atoms with Crippen molar-refractivity contribution in [2.45, 2.75) is 26.7 Å². The Morgan fingerprint density at radius 1 is 1.27 bits per heavy atom. The van der Waals surface area contributed by atoms with E-state index in [0.29, 0.717) is 29.6 Å². The zero-order chi connectivity index (χ0) is 18.9. The number of aryl methyl sites for hydroxylation is 2. The number of hydrogen-bond acceptors (Lipinski definition) is 4. The summed E-state index contributed by atoms with van der Waals surface area (Å²) in [5, 5.41) is 12.8.